The Morgan fingerprint density at radius 3 is 0.956 bits per heavy atom. The molecule has 0 bridgehead atoms. The Kier molecular flexibility index (Phi) is 52.0. The van der Waals surface area contributed by atoms with Gasteiger partial charge in [-0.25, -0.2) is 0 Å². The van der Waals surface area contributed by atoms with E-state index < -0.39 is 6.10 Å². The van der Waals surface area contributed by atoms with Gasteiger partial charge in [-0.15, -0.1) is 0 Å². The molecule has 6 nitrogen and oxygen atoms in total. The van der Waals surface area contributed by atoms with Crippen LogP contribution in [0.25, 0.3) is 0 Å². The minimum absolute atomic E-state index is 0.111. The van der Waals surface area contributed by atoms with Crippen LogP contribution in [0.2, 0.25) is 0 Å². The average Bonchev–Trinajstić information content (AvgIpc) is 3.34. The van der Waals surface area contributed by atoms with Crippen LogP contribution in [0.4, 0.5) is 0 Å². The summed E-state index contributed by atoms with van der Waals surface area (Å²) in [7, 11) is 0. The molecule has 0 rings (SSSR count). The minimum atomic E-state index is -0.817. The van der Waals surface area contributed by atoms with E-state index in [0.29, 0.717) is 19.3 Å². The van der Waals surface area contributed by atoms with Gasteiger partial charge in [0.05, 0.1) is 0 Å². The highest BCUT2D eigenvalue weighted by Crippen LogP contribution is 2.13. The highest BCUT2D eigenvalue weighted by molar-refractivity contribution is 5.71. The van der Waals surface area contributed by atoms with E-state index in [-0.39, 0.29) is 37.5 Å². The topological polar surface area (TPSA) is 78.9 Å². The molecule has 0 aromatic rings. The van der Waals surface area contributed by atoms with Crippen molar-refractivity contribution in [2.75, 3.05) is 13.2 Å². The van der Waals surface area contributed by atoms with Crippen molar-refractivity contribution in [2.45, 2.75) is 239 Å². The molecule has 0 saturated carbocycles. The molecule has 0 spiro atoms. The van der Waals surface area contributed by atoms with Crippen LogP contribution in [-0.2, 0) is 28.6 Å². The maximum absolute atomic E-state index is 12.8. The summed E-state index contributed by atoms with van der Waals surface area (Å²) < 4.78 is 16.8. The smallest absolute Gasteiger partial charge is 0.306 e. The van der Waals surface area contributed by atoms with Crippen molar-refractivity contribution in [1.29, 1.82) is 0 Å². The van der Waals surface area contributed by atoms with Gasteiger partial charge in [0.2, 0.25) is 0 Å². The first-order valence-corrected chi connectivity index (χ1v) is 27.7. The van der Waals surface area contributed by atoms with E-state index in [2.05, 4.69) is 81.5 Å². The summed E-state index contributed by atoms with van der Waals surface area (Å²) >= 11 is 0. The lowest BCUT2D eigenvalue weighted by Crippen LogP contribution is -2.30. The monoisotopic (exact) mass is 941 g/mol. The molecule has 1 unspecified atom stereocenters. The highest BCUT2D eigenvalue weighted by Gasteiger charge is 2.19. The van der Waals surface area contributed by atoms with E-state index in [0.717, 1.165) is 96.3 Å². The molecule has 0 aromatic carbocycles. The number of hydrogen-bond donors (Lipinski definition) is 0. The SMILES string of the molecule is CC\C=C/C=C\C=C/C=C\C=C\C=C/CCCCCC(=O)OC(COC(=O)CCCCCCC/C=C\C=C/CCCCCCCCC)COC(=O)CCCCCCCC/C=C\C=C/CCCCC. The fourth-order valence-corrected chi connectivity index (χ4v) is 7.22. The molecule has 384 valence electrons. The van der Waals surface area contributed by atoms with Gasteiger partial charge in [0.25, 0.3) is 0 Å². The summed E-state index contributed by atoms with van der Waals surface area (Å²) in [5.74, 6) is -0.984. The number of hydrogen-bond acceptors (Lipinski definition) is 6. The van der Waals surface area contributed by atoms with Crippen molar-refractivity contribution >= 4 is 17.9 Å². The Labute approximate surface area is 418 Å². The Morgan fingerprint density at radius 1 is 0.309 bits per heavy atom. The summed E-state index contributed by atoms with van der Waals surface area (Å²) in [5, 5.41) is 0. The molecule has 0 radical (unpaired) electrons. The van der Waals surface area contributed by atoms with Gasteiger partial charge >= 0.3 is 17.9 Å². The van der Waals surface area contributed by atoms with Crippen LogP contribution < -0.4 is 0 Å². The Balaban J connectivity index is 4.54. The summed E-state index contributed by atoms with van der Waals surface area (Å²) in [5.41, 5.74) is 0. The first-order chi connectivity index (χ1) is 33.5. The number of esters is 3. The molecule has 0 heterocycles. The zero-order valence-corrected chi connectivity index (χ0v) is 43.8. The maximum atomic E-state index is 12.8. The fraction of sp³-hybridized carbons (Fsp3) is 0.629. The lowest BCUT2D eigenvalue weighted by molar-refractivity contribution is -0.167. The summed E-state index contributed by atoms with van der Waals surface area (Å²) in [4.78, 5) is 38.1. The van der Waals surface area contributed by atoms with Crippen LogP contribution in [0.15, 0.2) is 122 Å². The van der Waals surface area contributed by atoms with Crippen molar-refractivity contribution in [3.63, 3.8) is 0 Å². The number of rotatable bonds is 48. The zero-order valence-electron chi connectivity index (χ0n) is 43.8. The van der Waals surface area contributed by atoms with Crippen LogP contribution in [0, 0.1) is 0 Å². The van der Waals surface area contributed by atoms with E-state index in [4.69, 9.17) is 14.2 Å². The maximum Gasteiger partial charge on any atom is 0.306 e. The predicted molar refractivity (Wildman–Crippen MR) is 293 cm³/mol. The largest absolute Gasteiger partial charge is 0.462 e. The van der Waals surface area contributed by atoms with E-state index in [9.17, 15) is 14.4 Å². The van der Waals surface area contributed by atoms with Crippen molar-refractivity contribution < 1.29 is 28.6 Å². The average molecular weight is 941 g/mol. The number of carbonyl (C=O) groups excluding carboxylic acids is 3. The first-order valence-electron chi connectivity index (χ1n) is 27.7. The molecular formula is C62H100O6. The van der Waals surface area contributed by atoms with Gasteiger partial charge in [-0.1, -0.05) is 245 Å². The van der Waals surface area contributed by atoms with Gasteiger partial charge in [-0.2, -0.15) is 0 Å². The Morgan fingerprint density at radius 2 is 0.574 bits per heavy atom. The van der Waals surface area contributed by atoms with E-state index >= 15 is 0 Å². The quantitative estimate of drug-likeness (QED) is 0.0262. The molecule has 6 heteroatoms. The molecule has 0 amide bonds. The van der Waals surface area contributed by atoms with Crippen molar-refractivity contribution in [3.8, 4) is 0 Å². The van der Waals surface area contributed by atoms with E-state index in [1.54, 1.807) is 0 Å². The highest BCUT2D eigenvalue weighted by atomic mass is 16.6. The van der Waals surface area contributed by atoms with Gasteiger partial charge < -0.3 is 14.2 Å². The Bertz CT molecular complexity index is 1450. The Hall–Kier alpha value is -4.19. The molecular weight excluding hydrogens is 841 g/mol. The summed E-state index contributed by atoms with van der Waals surface area (Å²) in [6.07, 6.45) is 76.0. The lowest BCUT2D eigenvalue weighted by atomic mass is 10.1. The zero-order chi connectivity index (χ0) is 49.3. The number of ether oxygens (including phenoxy) is 3. The summed E-state index contributed by atoms with van der Waals surface area (Å²) in [6.45, 7) is 6.39. The summed E-state index contributed by atoms with van der Waals surface area (Å²) in [6, 6.07) is 0. The molecule has 0 aliphatic heterocycles. The van der Waals surface area contributed by atoms with Crippen molar-refractivity contribution in [1.82, 2.24) is 0 Å². The molecule has 0 N–H and O–H groups in total. The standard InChI is InChI=1S/C62H100O6/c1-4-7-10-13-16-19-22-25-28-30-32-34-37-40-43-46-49-52-55-61(64)67-58-59(57-66-60(63)54-51-48-45-42-39-36-33-27-24-21-18-15-12-9-6-3)68-62(65)56-53-50-47-44-41-38-35-31-29-26-23-20-17-14-11-8-5-2/h8,11,14,17-18,20-21,23-24,26-32,34-35,38,41,59H,4-7,9-10,12-13,15-16,19,22,25,33,36-37,39-40,42-58H2,1-3H3/b11-8-,17-14-,21-18-,23-20-,27-24-,29-26-,30-28-,34-32-,35-31+,41-38-. The van der Waals surface area contributed by atoms with Gasteiger partial charge in [-0.3, -0.25) is 14.4 Å². The van der Waals surface area contributed by atoms with Gasteiger partial charge in [-0.05, 0) is 89.9 Å². The van der Waals surface area contributed by atoms with Crippen LogP contribution in [0.5, 0.6) is 0 Å². The third-order valence-corrected chi connectivity index (χ3v) is 11.4. The van der Waals surface area contributed by atoms with E-state index in [1.807, 2.05) is 60.8 Å². The van der Waals surface area contributed by atoms with Crippen LogP contribution in [-0.4, -0.2) is 37.2 Å². The normalized spacial score (nSPS) is 13.0. The van der Waals surface area contributed by atoms with Crippen molar-refractivity contribution in [2.24, 2.45) is 0 Å². The number of unbranched alkanes of at least 4 members (excludes halogenated alkanes) is 24. The van der Waals surface area contributed by atoms with Crippen LogP contribution in [0.1, 0.15) is 233 Å². The third kappa shape index (κ3) is 52.8. The van der Waals surface area contributed by atoms with Crippen LogP contribution in [0.3, 0.4) is 0 Å². The fourth-order valence-electron chi connectivity index (χ4n) is 7.22. The van der Waals surface area contributed by atoms with Crippen molar-refractivity contribution in [3.05, 3.63) is 122 Å². The predicted octanol–water partition coefficient (Wildman–Crippen LogP) is 18.5. The van der Waals surface area contributed by atoms with Gasteiger partial charge in [0.15, 0.2) is 6.10 Å². The lowest BCUT2D eigenvalue weighted by Gasteiger charge is -2.18. The van der Waals surface area contributed by atoms with Gasteiger partial charge in [0.1, 0.15) is 13.2 Å². The first kappa shape index (κ1) is 63.8. The van der Waals surface area contributed by atoms with Crippen LogP contribution >= 0.6 is 0 Å². The second kappa shape index (κ2) is 55.4. The minimum Gasteiger partial charge on any atom is -0.462 e. The van der Waals surface area contributed by atoms with Gasteiger partial charge in [0, 0.05) is 19.3 Å². The third-order valence-electron chi connectivity index (χ3n) is 11.4. The molecule has 68 heavy (non-hydrogen) atoms. The number of carbonyl (C=O) groups is 3. The van der Waals surface area contributed by atoms with E-state index in [1.165, 1.54) is 89.9 Å². The number of allylic oxidation sites excluding steroid dienone is 20. The molecule has 0 aliphatic carbocycles. The molecule has 0 fully saturated rings. The molecule has 0 aliphatic rings. The molecule has 0 aromatic heterocycles. The molecule has 0 saturated heterocycles. The second-order valence-electron chi connectivity index (χ2n) is 18.0. The molecule has 1 atom stereocenters. The second-order valence-corrected chi connectivity index (χ2v) is 18.0.